The second kappa shape index (κ2) is 8.44. The molecule has 152 valence electrons. The Morgan fingerprint density at radius 1 is 1.10 bits per heavy atom. The number of anilines is 1. The van der Waals surface area contributed by atoms with Crippen LogP contribution in [0.2, 0.25) is 5.02 Å². The van der Waals surface area contributed by atoms with E-state index in [1.165, 1.54) is 12.1 Å². The van der Waals surface area contributed by atoms with Gasteiger partial charge < -0.3 is 14.8 Å². The van der Waals surface area contributed by atoms with E-state index in [0.29, 0.717) is 52.1 Å². The maximum absolute atomic E-state index is 12.6. The maximum atomic E-state index is 12.6. The van der Waals surface area contributed by atoms with Crippen LogP contribution in [0.4, 0.5) is 5.69 Å². The molecule has 0 spiro atoms. The number of amides is 2. The van der Waals surface area contributed by atoms with Gasteiger partial charge in [-0.2, -0.15) is 0 Å². The van der Waals surface area contributed by atoms with Crippen LogP contribution in [0.3, 0.4) is 0 Å². The summed E-state index contributed by atoms with van der Waals surface area (Å²) < 4.78 is 11.7. The SMILES string of the molecule is O=C(NO)c1ccc(OCCc2cc(Cl)cc3c2NC(=O)c2ccccc2O3)cc1. The van der Waals surface area contributed by atoms with Crippen LogP contribution in [0, 0.1) is 0 Å². The first-order valence-corrected chi connectivity index (χ1v) is 9.51. The minimum Gasteiger partial charge on any atom is -0.493 e. The summed E-state index contributed by atoms with van der Waals surface area (Å²) >= 11 is 6.26. The van der Waals surface area contributed by atoms with Crippen molar-refractivity contribution in [1.29, 1.82) is 0 Å². The molecule has 0 fully saturated rings. The summed E-state index contributed by atoms with van der Waals surface area (Å²) in [6, 6.07) is 16.8. The molecule has 3 aromatic rings. The van der Waals surface area contributed by atoms with Gasteiger partial charge in [-0.25, -0.2) is 5.48 Å². The van der Waals surface area contributed by atoms with Gasteiger partial charge >= 0.3 is 0 Å². The standard InChI is InChI=1S/C22H17ClN2O5/c23-15-11-14(9-10-29-16-7-5-13(6-8-16)21(26)25-28)20-19(12-15)30-18-4-2-1-3-17(18)22(27)24-20/h1-8,11-12,28H,9-10H2,(H,24,27)(H,25,26). The van der Waals surface area contributed by atoms with Crippen molar-refractivity contribution >= 4 is 29.1 Å². The Morgan fingerprint density at radius 2 is 1.87 bits per heavy atom. The largest absolute Gasteiger partial charge is 0.493 e. The van der Waals surface area contributed by atoms with Gasteiger partial charge in [0.25, 0.3) is 11.8 Å². The van der Waals surface area contributed by atoms with Gasteiger partial charge in [-0.3, -0.25) is 14.8 Å². The van der Waals surface area contributed by atoms with Crippen LogP contribution in [0.1, 0.15) is 26.3 Å². The zero-order valence-electron chi connectivity index (χ0n) is 15.6. The average molecular weight is 425 g/mol. The quantitative estimate of drug-likeness (QED) is 0.415. The summed E-state index contributed by atoms with van der Waals surface area (Å²) in [6.45, 7) is 0.307. The summed E-state index contributed by atoms with van der Waals surface area (Å²) in [5.41, 5.74) is 3.66. The van der Waals surface area contributed by atoms with Crippen molar-refractivity contribution in [2.75, 3.05) is 11.9 Å². The fraction of sp³-hybridized carbons (Fsp3) is 0.0909. The van der Waals surface area contributed by atoms with Gasteiger partial charge in [0.15, 0.2) is 5.75 Å². The van der Waals surface area contributed by atoms with Crippen LogP contribution >= 0.6 is 11.6 Å². The molecular formula is C22H17ClN2O5. The van der Waals surface area contributed by atoms with E-state index in [4.69, 9.17) is 26.3 Å². The first-order chi connectivity index (χ1) is 14.5. The molecule has 4 rings (SSSR count). The third-order valence-corrected chi connectivity index (χ3v) is 4.82. The fourth-order valence-corrected chi connectivity index (χ4v) is 3.37. The van der Waals surface area contributed by atoms with E-state index in [1.54, 1.807) is 54.0 Å². The van der Waals surface area contributed by atoms with Crippen LogP contribution < -0.4 is 20.3 Å². The number of carbonyl (C=O) groups excluding carboxylic acids is 2. The fourth-order valence-electron chi connectivity index (χ4n) is 3.14. The average Bonchev–Trinajstić information content (AvgIpc) is 2.89. The normalized spacial score (nSPS) is 12.0. The molecule has 1 heterocycles. The van der Waals surface area contributed by atoms with Crippen molar-refractivity contribution in [3.63, 3.8) is 0 Å². The molecule has 30 heavy (non-hydrogen) atoms. The lowest BCUT2D eigenvalue weighted by atomic mass is 10.1. The van der Waals surface area contributed by atoms with E-state index in [1.807, 2.05) is 0 Å². The van der Waals surface area contributed by atoms with Crippen LogP contribution in [-0.4, -0.2) is 23.6 Å². The summed E-state index contributed by atoms with van der Waals surface area (Å²) in [7, 11) is 0. The zero-order valence-corrected chi connectivity index (χ0v) is 16.4. The Kier molecular flexibility index (Phi) is 5.56. The Hall–Kier alpha value is -3.55. The molecule has 0 saturated heterocycles. The van der Waals surface area contributed by atoms with E-state index in [2.05, 4.69) is 5.32 Å². The molecule has 0 aromatic heterocycles. The highest BCUT2D eigenvalue weighted by Crippen LogP contribution is 2.40. The number of carbonyl (C=O) groups is 2. The summed E-state index contributed by atoms with van der Waals surface area (Å²) in [5.74, 6) is 0.636. The molecule has 1 aliphatic rings. The number of halogens is 1. The number of para-hydroxylation sites is 1. The highest BCUT2D eigenvalue weighted by atomic mass is 35.5. The molecule has 0 unspecified atom stereocenters. The first kappa shape index (κ1) is 19.8. The number of hydrogen-bond donors (Lipinski definition) is 3. The van der Waals surface area contributed by atoms with Gasteiger partial charge in [0.1, 0.15) is 11.5 Å². The van der Waals surface area contributed by atoms with Crippen molar-refractivity contribution in [2.24, 2.45) is 0 Å². The molecule has 0 atom stereocenters. The number of hydroxylamine groups is 1. The number of nitrogens with one attached hydrogen (secondary N) is 2. The van der Waals surface area contributed by atoms with E-state index in [9.17, 15) is 9.59 Å². The van der Waals surface area contributed by atoms with Crippen molar-refractivity contribution < 1.29 is 24.3 Å². The molecule has 1 aliphatic heterocycles. The molecule has 3 N–H and O–H groups in total. The van der Waals surface area contributed by atoms with E-state index >= 15 is 0 Å². The van der Waals surface area contributed by atoms with Gasteiger partial charge in [-0.15, -0.1) is 0 Å². The topological polar surface area (TPSA) is 96.9 Å². The first-order valence-electron chi connectivity index (χ1n) is 9.13. The molecule has 0 aliphatic carbocycles. The minimum atomic E-state index is -0.597. The molecule has 0 radical (unpaired) electrons. The second-order valence-corrected chi connectivity index (χ2v) is 6.99. The molecule has 7 nitrogen and oxygen atoms in total. The Morgan fingerprint density at radius 3 is 2.63 bits per heavy atom. The van der Waals surface area contributed by atoms with Gasteiger partial charge in [0.05, 0.1) is 17.9 Å². The summed E-state index contributed by atoms with van der Waals surface area (Å²) in [4.78, 5) is 24.0. The van der Waals surface area contributed by atoms with Gasteiger partial charge in [0.2, 0.25) is 0 Å². The van der Waals surface area contributed by atoms with Gasteiger partial charge in [-0.05, 0) is 48.0 Å². The lowest BCUT2D eigenvalue weighted by molar-refractivity contribution is 0.0706. The lowest BCUT2D eigenvalue weighted by Gasteiger charge is -2.14. The molecular weight excluding hydrogens is 408 g/mol. The summed E-state index contributed by atoms with van der Waals surface area (Å²) in [6.07, 6.45) is 0.460. The lowest BCUT2D eigenvalue weighted by Crippen LogP contribution is -2.18. The Balaban J connectivity index is 1.51. The predicted molar refractivity (Wildman–Crippen MR) is 111 cm³/mol. The maximum Gasteiger partial charge on any atom is 0.274 e. The molecule has 3 aromatic carbocycles. The second-order valence-electron chi connectivity index (χ2n) is 6.55. The molecule has 8 heteroatoms. The number of benzene rings is 3. The van der Waals surface area contributed by atoms with Crippen LogP contribution in [-0.2, 0) is 6.42 Å². The monoisotopic (exact) mass is 424 g/mol. The van der Waals surface area contributed by atoms with Crippen molar-refractivity contribution in [3.8, 4) is 17.2 Å². The van der Waals surface area contributed by atoms with Crippen LogP contribution in [0.5, 0.6) is 17.2 Å². The van der Waals surface area contributed by atoms with Crippen molar-refractivity contribution in [2.45, 2.75) is 6.42 Å². The van der Waals surface area contributed by atoms with Crippen LogP contribution in [0.15, 0.2) is 60.7 Å². The van der Waals surface area contributed by atoms with E-state index in [-0.39, 0.29) is 5.91 Å². The highest BCUT2D eigenvalue weighted by molar-refractivity contribution is 6.31. The molecule has 0 saturated carbocycles. The Labute approximate surface area is 177 Å². The highest BCUT2D eigenvalue weighted by Gasteiger charge is 2.23. The minimum absolute atomic E-state index is 0.258. The smallest absolute Gasteiger partial charge is 0.274 e. The van der Waals surface area contributed by atoms with E-state index in [0.717, 1.165) is 5.56 Å². The number of hydrogen-bond acceptors (Lipinski definition) is 5. The number of fused-ring (bicyclic) bond motifs is 2. The number of ether oxygens (including phenoxy) is 2. The van der Waals surface area contributed by atoms with Crippen molar-refractivity contribution in [1.82, 2.24) is 5.48 Å². The molecule has 2 amide bonds. The Bertz CT molecular complexity index is 1120. The van der Waals surface area contributed by atoms with E-state index < -0.39 is 5.91 Å². The van der Waals surface area contributed by atoms with Gasteiger partial charge in [0, 0.05) is 23.1 Å². The summed E-state index contributed by atoms with van der Waals surface area (Å²) in [5, 5.41) is 12.0. The number of rotatable bonds is 5. The molecule has 0 bridgehead atoms. The third-order valence-electron chi connectivity index (χ3n) is 4.60. The van der Waals surface area contributed by atoms with Crippen LogP contribution in [0.25, 0.3) is 0 Å². The zero-order chi connectivity index (χ0) is 21.1. The third kappa shape index (κ3) is 4.07. The predicted octanol–water partition coefficient (Wildman–Crippen LogP) is 4.44. The van der Waals surface area contributed by atoms with Gasteiger partial charge in [-0.1, -0.05) is 23.7 Å². The van der Waals surface area contributed by atoms with Crippen molar-refractivity contribution in [3.05, 3.63) is 82.4 Å².